The Morgan fingerprint density at radius 1 is 1.17 bits per heavy atom. The zero-order valence-corrected chi connectivity index (χ0v) is 11.0. The maximum absolute atomic E-state index is 4.25. The second-order valence-corrected chi connectivity index (χ2v) is 1.58. The first-order valence-electron chi connectivity index (χ1n) is 3.73. The van der Waals surface area contributed by atoms with Gasteiger partial charge in [0.15, 0.2) is 0 Å². The number of hydrogen-bond acceptors (Lipinski definition) is 0. The molecule has 1 rings (SSSR count). The molecule has 1 radical (unpaired) electrons. The van der Waals surface area contributed by atoms with E-state index in [2.05, 4.69) is 26.1 Å². The van der Waals surface area contributed by atoms with Crippen molar-refractivity contribution in [3.8, 4) is 0 Å². The van der Waals surface area contributed by atoms with Crippen LogP contribution in [0.1, 0.15) is 19.4 Å². The Hall–Kier alpha value is 0.0639. The normalized spacial score (nSPS) is 5.92. The second-order valence-electron chi connectivity index (χ2n) is 1.58. The van der Waals surface area contributed by atoms with Crippen LogP contribution in [0.25, 0.3) is 0 Å². The first-order chi connectivity index (χ1) is 5.39. The molecule has 0 aliphatic heterocycles. The third kappa shape index (κ3) is 12.7. The van der Waals surface area contributed by atoms with E-state index in [1.165, 1.54) is 5.56 Å². The van der Waals surface area contributed by atoms with E-state index in [0.717, 1.165) is 0 Å². The minimum atomic E-state index is 0. The van der Waals surface area contributed by atoms with E-state index in [4.69, 9.17) is 0 Å². The summed E-state index contributed by atoms with van der Waals surface area (Å²) in [6, 6.07) is 10.8. The number of benzene rings is 1. The fourth-order valence-electron chi connectivity index (χ4n) is 0.470. The Bertz CT molecular complexity index is 146. The van der Waals surface area contributed by atoms with Gasteiger partial charge in [-0.05, 0) is 0 Å². The van der Waals surface area contributed by atoms with Crippen molar-refractivity contribution in [1.82, 2.24) is 0 Å². The van der Waals surface area contributed by atoms with Gasteiger partial charge >= 0.3 is 0 Å². The predicted octanol–water partition coefficient (Wildman–Crippen LogP) is 3.42. The largest absolute Gasteiger partial charge is 0.521 e. The SMILES string of the molecule is CC.Cc1cc[c-]cc1.[CH-]=C.[Y]. The van der Waals surface area contributed by atoms with Crippen LogP contribution in [0.3, 0.4) is 0 Å². The number of hydrogen-bond donors (Lipinski definition) is 0. The van der Waals surface area contributed by atoms with Crippen LogP contribution < -0.4 is 0 Å². The van der Waals surface area contributed by atoms with Gasteiger partial charge in [0.25, 0.3) is 0 Å². The summed E-state index contributed by atoms with van der Waals surface area (Å²) in [6.07, 6.45) is 0. The zero-order valence-electron chi connectivity index (χ0n) is 8.17. The Kier molecular flexibility index (Phi) is 25.8. The van der Waals surface area contributed by atoms with Crippen LogP contribution in [0.4, 0.5) is 0 Å². The predicted molar refractivity (Wildman–Crippen MR) is 51.3 cm³/mol. The standard InChI is InChI=1S/C7H7.C2H6.C2H3.Y/c1-7-5-3-2-4-6-7;2*1-2;/h3-6H,1H3;1-2H3;1H,2H2;/q-1;;-1;. The minimum Gasteiger partial charge on any atom is -0.521 e. The molecule has 0 fully saturated rings. The quantitative estimate of drug-likeness (QED) is 0.606. The molecule has 0 aromatic heterocycles. The van der Waals surface area contributed by atoms with Crippen LogP contribution in [0.5, 0.6) is 0 Å². The van der Waals surface area contributed by atoms with E-state index in [1.54, 1.807) is 0 Å². The molecule has 1 aromatic carbocycles. The molecule has 0 unspecified atom stereocenters. The summed E-state index contributed by atoms with van der Waals surface area (Å²) in [4.78, 5) is 0. The molecule has 0 N–H and O–H groups in total. The summed E-state index contributed by atoms with van der Waals surface area (Å²) in [5.41, 5.74) is 1.29. The molecule has 0 spiro atoms. The molecule has 0 amide bonds. The third-order valence-corrected chi connectivity index (χ3v) is 0.885. The molecule has 1 heteroatoms. The fraction of sp³-hybridized carbons (Fsp3) is 0.273. The first-order valence-corrected chi connectivity index (χ1v) is 3.73. The molecule has 0 saturated heterocycles. The van der Waals surface area contributed by atoms with E-state index in [9.17, 15) is 0 Å². The summed E-state index contributed by atoms with van der Waals surface area (Å²) in [6.45, 7) is 13.1. The van der Waals surface area contributed by atoms with Gasteiger partial charge in [-0.1, -0.05) is 20.8 Å². The van der Waals surface area contributed by atoms with Gasteiger partial charge in [-0.3, -0.25) is 6.58 Å². The topological polar surface area (TPSA) is 0 Å². The third-order valence-electron chi connectivity index (χ3n) is 0.885. The van der Waals surface area contributed by atoms with Crippen LogP contribution in [0, 0.1) is 19.6 Å². The Labute approximate surface area is 102 Å². The van der Waals surface area contributed by atoms with Crippen molar-refractivity contribution in [2.24, 2.45) is 0 Å². The van der Waals surface area contributed by atoms with Crippen molar-refractivity contribution < 1.29 is 32.7 Å². The van der Waals surface area contributed by atoms with Crippen LogP contribution in [-0.4, -0.2) is 0 Å². The minimum absolute atomic E-state index is 0. The van der Waals surface area contributed by atoms with Crippen LogP contribution in [0.2, 0.25) is 0 Å². The Balaban J connectivity index is -0.000000144. The van der Waals surface area contributed by atoms with E-state index in [1.807, 2.05) is 38.1 Å². The molecule has 0 aliphatic rings. The van der Waals surface area contributed by atoms with Crippen LogP contribution in [-0.2, 0) is 32.7 Å². The summed E-state index contributed by atoms with van der Waals surface area (Å²) in [5.74, 6) is 0. The van der Waals surface area contributed by atoms with Gasteiger partial charge in [0, 0.05) is 32.7 Å². The average Bonchev–Trinajstić information content (AvgIpc) is 2.13. The summed E-state index contributed by atoms with van der Waals surface area (Å²) in [7, 11) is 0. The van der Waals surface area contributed by atoms with Crippen molar-refractivity contribution in [3.05, 3.63) is 49.1 Å². The van der Waals surface area contributed by atoms with Crippen molar-refractivity contribution in [1.29, 1.82) is 0 Å². The van der Waals surface area contributed by atoms with Crippen LogP contribution >= 0.6 is 0 Å². The average molecular weight is 237 g/mol. The molecular formula is C11H16Y-2. The Morgan fingerprint density at radius 3 is 1.67 bits per heavy atom. The molecule has 12 heavy (non-hydrogen) atoms. The Morgan fingerprint density at radius 2 is 1.50 bits per heavy atom. The van der Waals surface area contributed by atoms with Crippen molar-refractivity contribution >= 4 is 0 Å². The number of aryl methyl sites for hydroxylation is 1. The molecule has 0 bridgehead atoms. The second kappa shape index (κ2) is 17.2. The molecule has 65 valence electrons. The van der Waals surface area contributed by atoms with Gasteiger partial charge in [-0.15, -0.1) is 0 Å². The fourth-order valence-corrected chi connectivity index (χ4v) is 0.470. The van der Waals surface area contributed by atoms with E-state index >= 15 is 0 Å². The molecule has 0 saturated carbocycles. The summed E-state index contributed by atoms with van der Waals surface area (Å²) < 4.78 is 0. The molecule has 0 heterocycles. The first kappa shape index (κ1) is 18.0. The smallest absolute Gasteiger partial charge is 0 e. The maximum atomic E-state index is 4.25. The van der Waals surface area contributed by atoms with Crippen molar-refractivity contribution in [2.45, 2.75) is 20.8 Å². The van der Waals surface area contributed by atoms with E-state index in [-0.39, 0.29) is 32.7 Å². The maximum Gasteiger partial charge on any atom is 0 e. The number of rotatable bonds is 0. The molecule has 0 aliphatic carbocycles. The molecule has 0 nitrogen and oxygen atoms in total. The van der Waals surface area contributed by atoms with Gasteiger partial charge in [-0.2, -0.15) is 35.9 Å². The molecule has 1 aromatic rings. The summed E-state index contributed by atoms with van der Waals surface area (Å²) in [5, 5.41) is 0. The van der Waals surface area contributed by atoms with E-state index in [0.29, 0.717) is 0 Å². The van der Waals surface area contributed by atoms with Crippen molar-refractivity contribution in [2.75, 3.05) is 0 Å². The van der Waals surface area contributed by atoms with Gasteiger partial charge < -0.3 is 6.58 Å². The molecular weight excluding hydrogens is 221 g/mol. The van der Waals surface area contributed by atoms with Gasteiger partial charge in [0.2, 0.25) is 0 Å². The zero-order chi connectivity index (χ0) is 9.11. The van der Waals surface area contributed by atoms with Crippen molar-refractivity contribution in [3.63, 3.8) is 0 Å². The van der Waals surface area contributed by atoms with Gasteiger partial charge in [0.1, 0.15) is 0 Å². The van der Waals surface area contributed by atoms with Gasteiger partial charge in [-0.25, -0.2) is 0 Å². The van der Waals surface area contributed by atoms with Crippen LogP contribution in [0.15, 0.2) is 30.8 Å². The molecule has 0 atom stereocenters. The summed E-state index contributed by atoms with van der Waals surface area (Å²) >= 11 is 0. The van der Waals surface area contributed by atoms with Gasteiger partial charge in [0.05, 0.1) is 0 Å². The van der Waals surface area contributed by atoms with E-state index < -0.39 is 0 Å². The monoisotopic (exact) mass is 237 g/mol.